The van der Waals surface area contributed by atoms with Gasteiger partial charge in [-0.25, -0.2) is 0 Å². The highest BCUT2D eigenvalue weighted by Gasteiger charge is 2.25. The summed E-state index contributed by atoms with van der Waals surface area (Å²) in [7, 11) is 0. The maximum atomic E-state index is 10.8. The van der Waals surface area contributed by atoms with E-state index in [0.29, 0.717) is 28.0 Å². The second kappa shape index (κ2) is 8.04. The van der Waals surface area contributed by atoms with Crippen LogP contribution in [-0.2, 0) is 5.41 Å². The molecular formula is C20H22Cl2O2. The van der Waals surface area contributed by atoms with Crippen molar-refractivity contribution in [2.75, 3.05) is 6.61 Å². The zero-order valence-corrected chi connectivity index (χ0v) is 15.7. The van der Waals surface area contributed by atoms with Gasteiger partial charge in [-0.1, -0.05) is 74.7 Å². The van der Waals surface area contributed by atoms with E-state index in [2.05, 4.69) is 20.8 Å². The van der Waals surface area contributed by atoms with E-state index in [1.807, 2.05) is 36.4 Å². The molecule has 0 radical (unpaired) electrons. The van der Waals surface area contributed by atoms with Crippen LogP contribution in [-0.4, -0.2) is 12.9 Å². The molecule has 0 N–H and O–H groups in total. The summed E-state index contributed by atoms with van der Waals surface area (Å²) in [5, 5.41) is 1.04. The number of rotatable bonds is 7. The van der Waals surface area contributed by atoms with Crippen LogP contribution in [0.4, 0.5) is 0 Å². The largest absolute Gasteiger partial charge is 0.490 e. The third-order valence-corrected chi connectivity index (χ3v) is 4.79. The van der Waals surface area contributed by atoms with Gasteiger partial charge in [-0.3, -0.25) is 4.79 Å². The molecule has 0 aliphatic carbocycles. The molecule has 0 atom stereocenters. The number of hydrogen-bond acceptors (Lipinski definition) is 2. The van der Waals surface area contributed by atoms with Gasteiger partial charge < -0.3 is 4.74 Å². The highest BCUT2D eigenvalue weighted by molar-refractivity contribution is 6.37. The Kier molecular flexibility index (Phi) is 6.31. The zero-order valence-electron chi connectivity index (χ0n) is 14.2. The lowest BCUT2D eigenvalue weighted by Crippen LogP contribution is -2.19. The Morgan fingerprint density at radius 2 is 1.62 bits per heavy atom. The number of ether oxygens (including phenoxy) is 1. The third-order valence-electron chi connectivity index (χ3n) is 4.23. The van der Waals surface area contributed by atoms with Gasteiger partial charge >= 0.3 is 0 Å². The van der Waals surface area contributed by atoms with Crippen molar-refractivity contribution in [2.24, 2.45) is 0 Å². The normalized spacial score (nSPS) is 11.4. The van der Waals surface area contributed by atoms with E-state index < -0.39 is 0 Å². The van der Waals surface area contributed by atoms with Crippen LogP contribution in [0.5, 0.6) is 5.75 Å². The molecule has 0 unspecified atom stereocenters. The number of carbonyl (C=O) groups is 1. The number of aldehydes is 1. The quantitative estimate of drug-likeness (QED) is 0.424. The summed E-state index contributed by atoms with van der Waals surface area (Å²) in [6.45, 7) is 6.91. The molecule has 0 amide bonds. The van der Waals surface area contributed by atoms with Gasteiger partial charge in [-0.15, -0.1) is 0 Å². The zero-order chi connectivity index (χ0) is 17.7. The molecule has 0 aliphatic heterocycles. The van der Waals surface area contributed by atoms with E-state index >= 15 is 0 Å². The Morgan fingerprint density at radius 1 is 1.04 bits per heavy atom. The Hall–Kier alpha value is -1.51. The summed E-state index contributed by atoms with van der Waals surface area (Å²) in [5.74, 6) is 0.544. The SMILES string of the molecule is CCCCOc1c(Cl)cc(C(C)(C)c2ccc(C=O)cc2)cc1Cl. The molecule has 4 heteroatoms. The predicted octanol–water partition coefficient (Wildman–Crippen LogP) is 6.31. The molecule has 24 heavy (non-hydrogen) atoms. The number of halogens is 2. The van der Waals surface area contributed by atoms with Crippen molar-refractivity contribution in [2.45, 2.75) is 39.0 Å². The molecule has 0 bridgehead atoms. The molecule has 2 aromatic carbocycles. The van der Waals surface area contributed by atoms with Crippen LogP contribution >= 0.6 is 23.2 Å². The van der Waals surface area contributed by atoms with Crippen LogP contribution in [0.15, 0.2) is 36.4 Å². The minimum Gasteiger partial charge on any atom is -0.490 e. The maximum absolute atomic E-state index is 10.8. The first-order chi connectivity index (χ1) is 11.4. The van der Waals surface area contributed by atoms with Crippen LogP contribution in [0.25, 0.3) is 0 Å². The first kappa shape index (κ1) is 18.8. The first-order valence-corrected chi connectivity index (χ1v) is 8.83. The molecule has 2 aromatic rings. The van der Waals surface area contributed by atoms with Gasteiger partial charge in [0.1, 0.15) is 6.29 Å². The maximum Gasteiger partial charge on any atom is 0.156 e. The lowest BCUT2D eigenvalue weighted by Gasteiger charge is -2.27. The monoisotopic (exact) mass is 364 g/mol. The first-order valence-electron chi connectivity index (χ1n) is 8.08. The minimum absolute atomic E-state index is 0.295. The van der Waals surface area contributed by atoms with Crippen molar-refractivity contribution in [1.82, 2.24) is 0 Å². The molecule has 0 saturated carbocycles. The van der Waals surface area contributed by atoms with Crippen molar-refractivity contribution in [3.63, 3.8) is 0 Å². The summed E-state index contributed by atoms with van der Waals surface area (Å²) in [4.78, 5) is 10.8. The molecule has 0 spiro atoms. The molecule has 128 valence electrons. The molecule has 0 fully saturated rings. The van der Waals surface area contributed by atoms with E-state index in [1.165, 1.54) is 0 Å². The van der Waals surface area contributed by atoms with Gasteiger partial charge in [0, 0.05) is 11.0 Å². The Balaban J connectivity index is 2.34. The average Bonchev–Trinajstić information content (AvgIpc) is 2.57. The number of benzene rings is 2. The number of carbonyl (C=O) groups excluding carboxylic acids is 1. The standard InChI is InChI=1S/C20H22Cl2O2/c1-4-5-10-24-19-17(21)11-16(12-18(19)22)20(2,3)15-8-6-14(13-23)7-9-15/h6-9,11-13H,4-5,10H2,1-3H3. The highest BCUT2D eigenvalue weighted by Crippen LogP contribution is 2.40. The second-order valence-corrected chi connectivity index (χ2v) is 7.15. The second-order valence-electron chi connectivity index (χ2n) is 6.34. The Morgan fingerprint density at radius 3 is 2.12 bits per heavy atom. The van der Waals surface area contributed by atoms with Gasteiger partial charge in [-0.2, -0.15) is 0 Å². The third kappa shape index (κ3) is 4.12. The topological polar surface area (TPSA) is 26.3 Å². The predicted molar refractivity (Wildman–Crippen MR) is 101 cm³/mol. The molecule has 0 aromatic heterocycles. The van der Waals surface area contributed by atoms with Crippen LogP contribution in [0, 0.1) is 0 Å². The van der Waals surface area contributed by atoms with Gasteiger partial charge in [0.05, 0.1) is 16.7 Å². The highest BCUT2D eigenvalue weighted by atomic mass is 35.5. The van der Waals surface area contributed by atoms with Crippen molar-refractivity contribution < 1.29 is 9.53 Å². The fraction of sp³-hybridized carbons (Fsp3) is 0.350. The molecule has 2 rings (SSSR count). The fourth-order valence-electron chi connectivity index (χ4n) is 2.52. The minimum atomic E-state index is -0.295. The van der Waals surface area contributed by atoms with Crippen molar-refractivity contribution in [1.29, 1.82) is 0 Å². The summed E-state index contributed by atoms with van der Waals surface area (Å²) in [5.41, 5.74) is 2.45. The van der Waals surface area contributed by atoms with E-state index in [0.717, 1.165) is 30.3 Å². The van der Waals surface area contributed by atoms with Crippen LogP contribution in [0.2, 0.25) is 10.0 Å². The lowest BCUT2D eigenvalue weighted by atomic mass is 9.78. The van der Waals surface area contributed by atoms with Crippen molar-refractivity contribution in [3.8, 4) is 5.75 Å². The summed E-state index contributed by atoms with van der Waals surface area (Å²) < 4.78 is 5.71. The number of hydrogen-bond donors (Lipinski definition) is 0. The van der Waals surface area contributed by atoms with Crippen molar-refractivity contribution in [3.05, 3.63) is 63.1 Å². The molecule has 0 saturated heterocycles. The van der Waals surface area contributed by atoms with Crippen LogP contribution in [0.3, 0.4) is 0 Å². The molecule has 2 nitrogen and oxygen atoms in total. The van der Waals surface area contributed by atoms with Gasteiger partial charge in [0.25, 0.3) is 0 Å². The fourth-order valence-corrected chi connectivity index (χ4v) is 3.12. The van der Waals surface area contributed by atoms with E-state index in [4.69, 9.17) is 27.9 Å². The molecular weight excluding hydrogens is 343 g/mol. The smallest absolute Gasteiger partial charge is 0.156 e. The van der Waals surface area contributed by atoms with Crippen LogP contribution < -0.4 is 4.74 Å². The summed E-state index contributed by atoms with van der Waals surface area (Å²) in [6.07, 6.45) is 2.85. The van der Waals surface area contributed by atoms with E-state index in [9.17, 15) is 4.79 Å². The van der Waals surface area contributed by atoms with Gasteiger partial charge in [0.15, 0.2) is 5.75 Å². The van der Waals surface area contributed by atoms with Gasteiger partial charge in [-0.05, 0) is 29.7 Å². The molecule has 0 heterocycles. The van der Waals surface area contributed by atoms with Crippen molar-refractivity contribution >= 4 is 29.5 Å². The summed E-state index contributed by atoms with van der Waals surface area (Å²) in [6, 6.07) is 11.4. The lowest BCUT2D eigenvalue weighted by molar-refractivity contribution is 0.112. The van der Waals surface area contributed by atoms with E-state index in [-0.39, 0.29) is 5.41 Å². The Bertz CT molecular complexity index is 683. The average molecular weight is 365 g/mol. The van der Waals surface area contributed by atoms with E-state index in [1.54, 1.807) is 0 Å². The summed E-state index contributed by atoms with van der Waals surface area (Å²) >= 11 is 12.8. The van der Waals surface area contributed by atoms with Gasteiger partial charge in [0.2, 0.25) is 0 Å². The Labute approximate surface area is 153 Å². The number of unbranched alkanes of at least 4 members (excludes halogenated alkanes) is 1. The molecule has 0 aliphatic rings. The van der Waals surface area contributed by atoms with Crippen LogP contribution in [0.1, 0.15) is 55.1 Å².